The van der Waals surface area contributed by atoms with Gasteiger partial charge in [-0.25, -0.2) is 14.0 Å². The first kappa shape index (κ1) is 20.8. The first-order valence-electron chi connectivity index (χ1n) is 9.00. The Morgan fingerprint density at radius 1 is 0.800 bits per heavy atom. The Bertz CT molecular complexity index is 1140. The molecule has 0 aliphatic heterocycles. The van der Waals surface area contributed by atoms with Gasteiger partial charge in [0.15, 0.2) is 11.6 Å². The zero-order valence-corrected chi connectivity index (χ0v) is 16.5. The predicted molar refractivity (Wildman–Crippen MR) is 110 cm³/mol. The van der Waals surface area contributed by atoms with E-state index in [-0.39, 0.29) is 11.3 Å². The van der Waals surface area contributed by atoms with Crippen molar-refractivity contribution in [2.24, 2.45) is 0 Å². The number of benzene rings is 2. The maximum atomic E-state index is 14.3. The summed E-state index contributed by atoms with van der Waals surface area (Å²) < 4.78 is 30.2. The van der Waals surface area contributed by atoms with Crippen molar-refractivity contribution >= 4 is 11.9 Å². The van der Waals surface area contributed by atoms with E-state index in [1.807, 2.05) is 0 Å². The molecule has 5 nitrogen and oxygen atoms in total. The van der Waals surface area contributed by atoms with Gasteiger partial charge >= 0.3 is 11.9 Å². The van der Waals surface area contributed by atoms with E-state index >= 15 is 0 Å². The molecule has 0 aliphatic rings. The number of ether oxygens (including phenoxy) is 2. The number of carbonyl (C=O) groups excluding carboxylic acids is 2. The molecule has 0 bridgehead atoms. The fourth-order valence-corrected chi connectivity index (χ4v) is 2.45. The van der Waals surface area contributed by atoms with Gasteiger partial charge in [-0.2, -0.15) is 0 Å². The van der Waals surface area contributed by atoms with Crippen LogP contribution in [0.5, 0.6) is 11.5 Å². The third kappa shape index (κ3) is 4.72. The van der Waals surface area contributed by atoms with E-state index in [0.717, 1.165) is 5.56 Å². The minimum atomic E-state index is -0.695. The van der Waals surface area contributed by atoms with Crippen LogP contribution in [0.1, 0.15) is 13.8 Å². The molecule has 3 rings (SSSR count). The van der Waals surface area contributed by atoms with Crippen LogP contribution in [0.3, 0.4) is 0 Å². The molecule has 0 unspecified atom stereocenters. The molecule has 30 heavy (non-hydrogen) atoms. The average Bonchev–Trinajstić information content (AvgIpc) is 3.20. The lowest BCUT2D eigenvalue weighted by Crippen LogP contribution is -2.09. The molecule has 1 aromatic heterocycles. The Balaban J connectivity index is 1.77. The molecule has 2 aromatic carbocycles. The van der Waals surface area contributed by atoms with Gasteiger partial charge in [0.25, 0.3) is 0 Å². The van der Waals surface area contributed by atoms with Crippen molar-refractivity contribution in [3.63, 3.8) is 0 Å². The number of rotatable bonds is 6. The summed E-state index contributed by atoms with van der Waals surface area (Å²) in [5.41, 5.74) is 1.72. The molecule has 0 aliphatic carbocycles. The zero-order chi connectivity index (χ0) is 21.8. The van der Waals surface area contributed by atoms with Crippen molar-refractivity contribution in [2.45, 2.75) is 13.8 Å². The van der Waals surface area contributed by atoms with Crippen LogP contribution in [0.2, 0.25) is 0 Å². The van der Waals surface area contributed by atoms with Gasteiger partial charge in [-0.15, -0.1) is 0 Å². The zero-order valence-electron chi connectivity index (χ0n) is 16.5. The molecule has 0 spiro atoms. The summed E-state index contributed by atoms with van der Waals surface area (Å²) in [6.45, 7) is 10.1. The van der Waals surface area contributed by atoms with E-state index in [4.69, 9.17) is 13.9 Å². The number of halogens is 1. The van der Waals surface area contributed by atoms with Crippen LogP contribution in [0.15, 0.2) is 83.3 Å². The van der Waals surface area contributed by atoms with Crippen molar-refractivity contribution in [3.8, 4) is 34.1 Å². The van der Waals surface area contributed by atoms with Crippen molar-refractivity contribution in [3.05, 3.63) is 84.7 Å². The van der Waals surface area contributed by atoms with Gasteiger partial charge in [0.05, 0.1) is 0 Å². The summed E-state index contributed by atoms with van der Waals surface area (Å²) in [5.74, 6) is -0.676. The van der Waals surface area contributed by atoms with Crippen LogP contribution in [0.25, 0.3) is 22.6 Å². The summed E-state index contributed by atoms with van der Waals surface area (Å²) in [6, 6.07) is 14.4. The van der Waals surface area contributed by atoms with Gasteiger partial charge in [-0.05, 0) is 68.4 Å². The van der Waals surface area contributed by atoms with E-state index in [1.54, 1.807) is 49.4 Å². The molecule has 3 aromatic rings. The molecule has 152 valence electrons. The predicted octanol–water partition coefficient (Wildman–Crippen LogP) is 5.72. The quantitative estimate of drug-likeness (QED) is 0.298. The molecule has 0 saturated heterocycles. The van der Waals surface area contributed by atoms with Crippen molar-refractivity contribution in [1.29, 1.82) is 0 Å². The second kappa shape index (κ2) is 8.61. The van der Waals surface area contributed by atoms with E-state index in [1.165, 1.54) is 19.1 Å². The average molecular weight is 406 g/mol. The summed E-state index contributed by atoms with van der Waals surface area (Å²) in [5, 5.41) is 0. The van der Waals surface area contributed by atoms with Crippen LogP contribution in [-0.2, 0) is 9.59 Å². The number of furan rings is 1. The van der Waals surface area contributed by atoms with Gasteiger partial charge in [0.1, 0.15) is 17.3 Å². The van der Waals surface area contributed by atoms with Crippen LogP contribution in [-0.4, -0.2) is 11.9 Å². The van der Waals surface area contributed by atoms with Gasteiger partial charge < -0.3 is 13.9 Å². The Labute approximate surface area is 173 Å². The number of hydrogen-bond donors (Lipinski definition) is 0. The van der Waals surface area contributed by atoms with Gasteiger partial charge in [-0.3, -0.25) is 0 Å². The first-order chi connectivity index (χ1) is 14.2. The highest BCUT2D eigenvalue weighted by Crippen LogP contribution is 2.31. The Hall–Kier alpha value is -3.93. The Morgan fingerprint density at radius 2 is 1.33 bits per heavy atom. The smallest absolute Gasteiger partial charge is 0.338 e. The molecule has 0 fully saturated rings. The van der Waals surface area contributed by atoms with E-state index in [0.29, 0.717) is 28.4 Å². The van der Waals surface area contributed by atoms with Gasteiger partial charge in [0, 0.05) is 22.3 Å². The topological polar surface area (TPSA) is 65.7 Å². The fourth-order valence-electron chi connectivity index (χ4n) is 2.45. The first-order valence-corrected chi connectivity index (χ1v) is 9.00. The lowest BCUT2D eigenvalue weighted by molar-refractivity contribution is -0.131. The molecular formula is C24H19FO5. The fraction of sp³-hybridized carbons (Fsp3) is 0.0833. The van der Waals surface area contributed by atoms with Crippen molar-refractivity contribution < 1.29 is 27.9 Å². The largest absolute Gasteiger partial charge is 0.456 e. The maximum Gasteiger partial charge on any atom is 0.338 e. The molecule has 6 heteroatoms. The summed E-state index contributed by atoms with van der Waals surface area (Å²) in [4.78, 5) is 23.1. The maximum absolute atomic E-state index is 14.3. The van der Waals surface area contributed by atoms with Gasteiger partial charge in [0.2, 0.25) is 0 Å². The monoisotopic (exact) mass is 406 g/mol. The second-order valence-electron chi connectivity index (χ2n) is 6.67. The molecule has 0 saturated carbocycles. The molecule has 0 N–H and O–H groups in total. The SMILES string of the molecule is C=C(C)C(=O)Oc1ccc(-c2ccc(-c3ccc(OC(=O)C(=C)C)c(F)c3)o2)cc1. The standard InChI is InChI=1S/C24H19FO5/c1-14(2)23(26)28-18-8-5-16(6-9-18)20-11-12-21(29-20)17-7-10-22(19(25)13-17)30-24(27)15(3)4/h5-13H,1,3H2,2,4H3. The van der Waals surface area contributed by atoms with E-state index in [9.17, 15) is 14.0 Å². The Kier molecular flexibility index (Phi) is 5.97. The highest BCUT2D eigenvalue weighted by Gasteiger charge is 2.14. The van der Waals surface area contributed by atoms with Crippen LogP contribution < -0.4 is 9.47 Å². The lowest BCUT2D eigenvalue weighted by atomic mass is 10.1. The number of esters is 2. The molecule has 0 atom stereocenters. The Morgan fingerprint density at radius 3 is 1.90 bits per heavy atom. The minimum absolute atomic E-state index is 0.176. The molecular weight excluding hydrogens is 387 g/mol. The van der Waals surface area contributed by atoms with E-state index < -0.39 is 17.8 Å². The lowest BCUT2D eigenvalue weighted by Gasteiger charge is -2.06. The number of carbonyl (C=O) groups is 2. The van der Waals surface area contributed by atoms with Crippen LogP contribution in [0, 0.1) is 5.82 Å². The minimum Gasteiger partial charge on any atom is -0.456 e. The van der Waals surface area contributed by atoms with E-state index in [2.05, 4.69) is 13.2 Å². The summed E-state index contributed by atoms with van der Waals surface area (Å²) >= 11 is 0. The summed E-state index contributed by atoms with van der Waals surface area (Å²) in [7, 11) is 0. The van der Waals surface area contributed by atoms with Crippen LogP contribution in [0.4, 0.5) is 4.39 Å². The van der Waals surface area contributed by atoms with Gasteiger partial charge in [-0.1, -0.05) is 13.2 Å². The molecule has 1 heterocycles. The molecule has 0 amide bonds. The molecule has 0 radical (unpaired) electrons. The highest BCUT2D eigenvalue weighted by molar-refractivity contribution is 5.89. The van der Waals surface area contributed by atoms with Crippen molar-refractivity contribution in [1.82, 2.24) is 0 Å². The number of hydrogen-bond acceptors (Lipinski definition) is 5. The summed E-state index contributed by atoms with van der Waals surface area (Å²) in [6.07, 6.45) is 0. The normalized spacial score (nSPS) is 10.4. The highest BCUT2D eigenvalue weighted by atomic mass is 19.1. The second-order valence-corrected chi connectivity index (χ2v) is 6.67. The van der Waals surface area contributed by atoms with Crippen LogP contribution >= 0.6 is 0 Å². The van der Waals surface area contributed by atoms with Crippen molar-refractivity contribution in [2.75, 3.05) is 0 Å². The third-order valence-corrected chi connectivity index (χ3v) is 4.07. The third-order valence-electron chi connectivity index (χ3n) is 4.07.